The number of hydrogen-bond donors (Lipinski definition) is 2. The fourth-order valence-electron chi connectivity index (χ4n) is 6.71. The molecule has 54 heavy (non-hydrogen) atoms. The van der Waals surface area contributed by atoms with Gasteiger partial charge in [0.2, 0.25) is 0 Å². The van der Waals surface area contributed by atoms with E-state index in [9.17, 15) is 23.5 Å². The minimum atomic E-state index is -2.78. The van der Waals surface area contributed by atoms with Crippen LogP contribution in [-0.4, -0.2) is 61.2 Å². The van der Waals surface area contributed by atoms with E-state index in [1.54, 1.807) is 0 Å². The molecular formula is C42H51F2N3O5SSi. The van der Waals surface area contributed by atoms with Gasteiger partial charge in [0.25, 0.3) is 14.2 Å². The highest BCUT2D eigenvalue weighted by molar-refractivity contribution is 8.15. The van der Waals surface area contributed by atoms with Gasteiger partial charge in [-0.05, 0) is 71.4 Å². The highest BCUT2D eigenvalue weighted by Crippen LogP contribution is 2.51. The summed E-state index contributed by atoms with van der Waals surface area (Å²) in [4.78, 5) is 24.1. The van der Waals surface area contributed by atoms with Crippen molar-refractivity contribution in [3.05, 3.63) is 132 Å². The number of benzene rings is 4. The fourth-order valence-corrected chi connectivity index (χ4v) is 12.8. The first kappa shape index (κ1) is 42.5. The van der Waals surface area contributed by atoms with Gasteiger partial charge in [0.05, 0.1) is 0 Å². The number of nitrogens with two attached hydrogens (primary N) is 1. The smallest absolute Gasteiger partial charge is 0.331 e. The Morgan fingerprint density at radius 2 is 1.43 bits per heavy atom. The highest BCUT2D eigenvalue weighted by Gasteiger charge is 2.52. The molecule has 5 rings (SSSR count). The Balaban J connectivity index is 0.000000247. The van der Waals surface area contributed by atoms with Crippen molar-refractivity contribution >= 4 is 47.4 Å². The number of halogens is 2. The van der Waals surface area contributed by atoms with Gasteiger partial charge in [-0.2, -0.15) is 5.10 Å². The molecule has 0 saturated heterocycles. The second kappa shape index (κ2) is 18.9. The number of carbonyl (C=O) groups is 2. The van der Waals surface area contributed by atoms with Crippen molar-refractivity contribution in [2.75, 3.05) is 13.7 Å². The number of hydrazone groups is 1. The summed E-state index contributed by atoms with van der Waals surface area (Å²) >= 11 is 1.24. The largest absolute Gasteiger partial charge is 0.479 e. The first-order valence-electron chi connectivity index (χ1n) is 18.2. The first-order chi connectivity index (χ1) is 25.8. The van der Waals surface area contributed by atoms with Crippen LogP contribution in [0.2, 0.25) is 5.04 Å². The van der Waals surface area contributed by atoms with E-state index in [1.165, 1.54) is 23.9 Å². The van der Waals surface area contributed by atoms with Crippen LogP contribution in [0.1, 0.15) is 71.4 Å². The average Bonchev–Trinajstić information content (AvgIpc) is 3.57. The van der Waals surface area contributed by atoms with Crippen molar-refractivity contribution in [3.8, 4) is 0 Å². The van der Waals surface area contributed by atoms with Crippen molar-refractivity contribution in [3.63, 3.8) is 0 Å². The third-order valence-electron chi connectivity index (χ3n) is 9.42. The summed E-state index contributed by atoms with van der Waals surface area (Å²) in [5, 5.41) is 17.7. The Morgan fingerprint density at radius 1 is 0.889 bits per heavy atom. The van der Waals surface area contributed by atoms with Crippen LogP contribution in [0, 0.1) is 11.6 Å². The van der Waals surface area contributed by atoms with Crippen LogP contribution in [0.3, 0.4) is 0 Å². The molecule has 288 valence electrons. The standard InChI is InChI=1S/C22H25F2N3O2S.C20H26O3Si/c1-3-19(29-2)21(28)27-22(12-7-13-25,15-8-5-4-6-9-15)30-20(26-27)17-14-16(23)10-11-18(17)24;1-5-18(19(21)22)23-24(20(2,3)4,16-12-8-6-9-13-16)17-14-10-7-11-15-17/h4-6,8-11,14,19H,3,7,12-13,25H2,1-2H3;6-15,18H,5H2,1-4H3,(H,21,22)/t19-,22-;18-/m00/s1. The van der Waals surface area contributed by atoms with Crippen LogP contribution in [0.25, 0.3) is 0 Å². The second-order valence-corrected chi connectivity index (χ2v) is 19.5. The van der Waals surface area contributed by atoms with Crippen molar-refractivity contribution in [1.82, 2.24) is 5.01 Å². The van der Waals surface area contributed by atoms with Gasteiger partial charge in [-0.1, -0.05) is 137 Å². The molecule has 4 aromatic carbocycles. The molecule has 1 amide bonds. The number of carbonyl (C=O) groups excluding carboxylic acids is 1. The van der Waals surface area contributed by atoms with Crippen molar-refractivity contribution in [1.29, 1.82) is 0 Å². The van der Waals surface area contributed by atoms with E-state index in [4.69, 9.17) is 14.9 Å². The number of methoxy groups -OCH3 is 1. The molecule has 0 bridgehead atoms. The number of nitrogens with zero attached hydrogens (tertiary/aromatic N) is 2. The number of thioether (sulfide) groups is 1. The molecule has 0 spiro atoms. The van der Waals surface area contributed by atoms with Crippen LogP contribution >= 0.6 is 11.8 Å². The Kier molecular flexibility index (Phi) is 14.9. The van der Waals surface area contributed by atoms with E-state index in [0.29, 0.717) is 32.2 Å². The molecule has 3 N–H and O–H groups in total. The number of carboxylic acid groups (broad SMARTS) is 1. The molecular weight excluding hydrogens is 725 g/mol. The fraction of sp³-hybridized carbons (Fsp3) is 0.357. The molecule has 4 aromatic rings. The quantitative estimate of drug-likeness (QED) is 0.127. The summed E-state index contributed by atoms with van der Waals surface area (Å²) < 4.78 is 40.3. The average molecular weight is 776 g/mol. The molecule has 0 aromatic heterocycles. The van der Waals surface area contributed by atoms with E-state index in [2.05, 4.69) is 50.1 Å². The van der Waals surface area contributed by atoms with Crippen molar-refractivity contribution < 1.29 is 32.6 Å². The van der Waals surface area contributed by atoms with Crippen LogP contribution in [0.5, 0.6) is 0 Å². The lowest BCUT2D eigenvalue weighted by Gasteiger charge is -2.44. The predicted molar refractivity (Wildman–Crippen MR) is 215 cm³/mol. The zero-order valence-corrected chi connectivity index (χ0v) is 33.6. The van der Waals surface area contributed by atoms with Gasteiger partial charge >= 0.3 is 5.97 Å². The third kappa shape index (κ3) is 9.18. The van der Waals surface area contributed by atoms with Crippen molar-refractivity contribution in [2.45, 2.75) is 82.4 Å². The summed E-state index contributed by atoms with van der Waals surface area (Å²) in [6.07, 6.45) is 0.498. The van der Waals surface area contributed by atoms with Gasteiger partial charge in [0.15, 0.2) is 0 Å². The molecule has 12 heteroatoms. The van der Waals surface area contributed by atoms with Gasteiger partial charge in [0.1, 0.15) is 33.8 Å². The van der Waals surface area contributed by atoms with E-state index >= 15 is 0 Å². The minimum absolute atomic E-state index is 0.0221. The molecule has 0 aliphatic carbocycles. The van der Waals surface area contributed by atoms with E-state index < -0.39 is 43.0 Å². The lowest BCUT2D eigenvalue weighted by molar-refractivity contribution is -0.146. The maximum atomic E-state index is 14.5. The van der Waals surface area contributed by atoms with Gasteiger partial charge in [-0.3, -0.25) is 4.79 Å². The lowest BCUT2D eigenvalue weighted by atomic mass is 9.99. The molecule has 1 heterocycles. The van der Waals surface area contributed by atoms with Gasteiger partial charge in [0, 0.05) is 12.7 Å². The normalized spacial score (nSPS) is 16.9. The number of carboxylic acids is 1. The highest BCUT2D eigenvalue weighted by atomic mass is 32.2. The molecule has 0 fully saturated rings. The Morgan fingerprint density at radius 3 is 1.89 bits per heavy atom. The molecule has 0 radical (unpaired) electrons. The zero-order chi connectivity index (χ0) is 39.5. The second-order valence-electron chi connectivity index (χ2n) is 14.0. The molecule has 3 atom stereocenters. The number of rotatable bonds is 14. The van der Waals surface area contributed by atoms with Gasteiger partial charge in [-0.25, -0.2) is 18.6 Å². The van der Waals surface area contributed by atoms with Crippen LogP contribution in [0.15, 0.2) is 114 Å². The number of amides is 1. The Bertz CT molecular complexity index is 1820. The topological polar surface area (TPSA) is 114 Å². The number of hydrogen-bond acceptors (Lipinski definition) is 7. The lowest BCUT2D eigenvalue weighted by Crippen LogP contribution is -2.68. The first-order valence-corrected chi connectivity index (χ1v) is 20.9. The molecule has 8 nitrogen and oxygen atoms in total. The summed E-state index contributed by atoms with van der Waals surface area (Å²) in [6.45, 7) is 10.6. The van der Waals surface area contributed by atoms with Gasteiger partial charge in [-0.15, -0.1) is 0 Å². The van der Waals surface area contributed by atoms with Gasteiger partial charge < -0.3 is 20.0 Å². The SMILES string of the molecule is CC[C@H](OC)C(=O)N1N=C(c2cc(F)ccc2F)S[C@@]1(CCCN)c1ccccc1.CC[C@H](O[Si](c1ccccc1)(c1ccccc1)C(C)(C)C)C(=O)O. The van der Waals surface area contributed by atoms with Crippen LogP contribution < -0.4 is 16.1 Å². The maximum absolute atomic E-state index is 14.5. The molecule has 0 unspecified atom stereocenters. The maximum Gasteiger partial charge on any atom is 0.331 e. The molecule has 1 aliphatic heterocycles. The van der Waals surface area contributed by atoms with Crippen LogP contribution in [0.4, 0.5) is 8.78 Å². The van der Waals surface area contributed by atoms with Crippen molar-refractivity contribution in [2.24, 2.45) is 10.8 Å². The minimum Gasteiger partial charge on any atom is -0.479 e. The van der Waals surface area contributed by atoms with E-state index in [0.717, 1.165) is 34.1 Å². The summed E-state index contributed by atoms with van der Waals surface area (Å²) in [5.74, 6) is -2.41. The third-order valence-corrected chi connectivity index (χ3v) is 15.9. The Hall–Kier alpha value is -4.20. The summed E-state index contributed by atoms with van der Waals surface area (Å²) in [6, 6.07) is 32.9. The zero-order valence-electron chi connectivity index (χ0n) is 31.8. The summed E-state index contributed by atoms with van der Waals surface area (Å²) in [7, 11) is -1.31. The summed E-state index contributed by atoms with van der Waals surface area (Å²) in [5.41, 5.74) is 6.64. The molecule has 1 aliphatic rings. The van der Waals surface area contributed by atoms with Crippen LogP contribution in [-0.2, 0) is 23.6 Å². The monoisotopic (exact) mass is 775 g/mol. The van der Waals surface area contributed by atoms with E-state index in [-0.39, 0.29) is 21.6 Å². The molecule has 0 saturated carbocycles. The number of ether oxygens (including phenoxy) is 1. The van der Waals surface area contributed by atoms with E-state index in [1.807, 2.05) is 80.6 Å². The predicted octanol–water partition coefficient (Wildman–Crippen LogP) is 7.64. The Labute approximate surface area is 322 Å². The number of aliphatic carboxylic acids is 1.